The first-order valence-electron chi connectivity index (χ1n) is 7.06. The lowest BCUT2D eigenvalue weighted by molar-refractivity contribution is 0.808. The van der Waals surface area contributed by atoms with Crippen LogP contribution >= 0.6 is 0 Å². The maximum absolute atomic E-state index is 2.43. The van der Waals surface area contributed by atoms with Crippen LogP contribution in [0.4, 0.5) is 5.69 Å². The third-order valence-electron chi connectivity index (χ3n) is 3.57. The van der Waals surface area contributed by atoms with Crippen molar-refractivity contribution in [2.45, 2.75) is 27.2 Å². The Balaban J connectivity index is 1.99. The van der Waals surface area contributed by atoms with Gasteiger partial charge in [-0.05, 0) is 44.9 Å². The maximum Gasteiger partial charge on any atom is 0.0366 e. The number of likely N-dealkylation sites (N-methyl/N-ethyl adjacent to an activating group) is 1. The van der Waals surface area contributed by atoms with Crippen molar-refractivity contribution in [3.8, 4) is 0 Å². The lowest BCUT2D eigenvalue weighted by atomic mass is 10.1. The molecule has 2 aromatic rings. The lowest BCUT2D eigenvalue weighted by Gasteiger charge is -2.23. The molecule has 0 amide bonds. The molecule has 2 aromatic carbocycles. The van der Waals surface area contributed by atoms with Crippen LogP contribution in [-0.2, 0) is 6.42 Å². The molecule has 0 saturated carbocycles. The summed E-state index contributed by atoms with van der Waals surface area (Å²) < 4.78 is 0. The van der Waals surface area contributed by atoms with Gasteiger partial charge in [-0.1, -0.05) is 47.5 Å². The van der Waals surface area contributed by atoms with Gasteiger partial charge in [-0.15, -0.1) is 0 Å². The van der Waals surface area contributed by atoms with E-state index in [0.29, 0.717) is 0 Å². The van der Waals surface area contributed by atoms with Crippen LogP contribution in [0.3, 0.4) is 0 Å². The van der Waals surface area contributed by atoms with E-state index in [9.17, 15) is 0 Å². The largest absolute Gasteiger partial charge is 0.371 e. The van der Waals surface area contributed by atoms with E-state index >= 15 is 0 Å². The summed E-state index contributed by atoms with van der Waals surface area (Å²) in [7, 11) is 0. The first kappa shape index (κ1) is 13.7. The van der Waals surface area contributed by atoms with E-state index in [2.05, 4.69) is 74.2 Å². The molecular weight excluding hydrogens is 230 g/mol. The van der Waals surface area contributed by atoms with Gasteiger partial charge in [0.15, 0.2) is 0 Å². The minimum Gasteiger partial charge on any atom is -0.371 e. The first-order chi connectivity index (χ1) is 9.19. The molecule has 0 aliphatic carbocycles. The van der Waals surface area contributed by atoms with E-state index < -0.39 is 0 Å². The molecule has 0 radical (unpaired) electrons. The Hall–Kier alpha value is -1.76. The maximum atomic E-state index is 2.43. The highest BCUT2D eigenvalue weighted by atomic mass is 15.1. The van der Waals surface area contributed by atoms with E-state index in [1.165, 1.54) is 22.4 Å². The Kier molecular flexibility index (Phi) is 4.62. The van der Waals surface area contributed by atoms with E-state index in [0.717, 1.165) is 19.5 Å². The van der Waals surface area contributed by atoms with Gasteiger partial charge in [-0.2, -0.15) is 0 Å². The summed E-state index contributed by atoms with van der Waals surface area (Å²) in [6.45, 7) is 8.60. The number of nitrogens with zero attached hydrogens (tertiary/aromatic N) is 1. The van der Waals surface area contributed by atoms with E-state index in [-0.39, 0.29) is 0 Å². The van der Waals surface area contributed by atoms with Crippen LogP contribution in [0.5, 0.6) is 0 Å². The molecule has 0 spiro atoms. The average molecular weight is 253 g/mol. The van der Waals surface area contributed by atoms with Crippen molar-refractivity contribution < 1.29 is 0 Å². The molecule has 1 nitrogen and oxygen atoms in total. The summed E-state index contributed by atoms with van der Waals surface area (Å²) in [4.78, 5) is 2.43. The van der Waals surface area contributed by atoms with Gasteiger partial charge < -0.3 is 4.90 Å². The fourth-order valence-corrected chi connectivity index (χ4v) is 2.24. The lowest BCUT2D eigenvalue weighted by Crippen LogP contribution is -2.25. The van der Waals surface area contributed by atoms with Crippen LogP contribution in [0.25, 0.3) is 0 Å². The zero-order valence-corrected chi connectivity index (χ0v) is 12.2. The number of benzene rings is 2. The standard InChI is InChI=1S/C18H23N/c1-4-19(18-11-7-16(3)8-12-18)14-13-17-9-5-15(2)6-10-17/h5-12H,4,13-14H2,1-3H3. The SMILES string of the molecule is CCN(CCc1ccc(C)cc1)c1ccc(C)cc1. The van der Waals surface area contributed by atoms with Crippen LogP contribution in [0.2, 0.25) is 0 Å². The molecule has 0 unspecified atom stereocenters. The van der Waals surface area contributed by atoms with E-state index in [1.54, 1.807) is 0 Å². The van der Waals surface area contributed by atoms with E-state index in [1.807, 2.05) is 0 Å². The zero-order valence-electron chi connectivity index (χ0n) is 12.2. The Morgan fingerprint density at radius 3 is 1.84 bits per heavy atom. The van der Waals surface area contributed by atoms with Crippen molar-refractivity contribution in [3.63, 3.8) is 0 Å². The summed E-state index contributed by atoms with van der Waals surface area (Å²) in [6.07, 6.45) is 1.10. The quantitative estimate of drug-likeness (QED) is 0.764. The highest BCUT2D eigenvalue weighted by Gasteiger charge is 2.04. The van der Waals surface area contributed by atoms with Crippen LogP contribution in [0, 0.1) is 13.8 Å². The van der Waals surface area contributed by atoms with Gasteiger partial charge in [0.1, 0.15) is 0 Å². The average Bonchev–Trinajstić information content (AvgIpc) is 2.43. The Morgan fingerprint density at radius 1 is 0.789 bits per heavy atom. The van der Waals surface area contributed by atoms with Crippen LogP contribution in [-0.4, -0.2) is 13.1 Å². The summed E-state index contributed by atoms with van der Waals surface area (Å²) in [5.74, 6) is 0. The number of anilines is 1. The van der Waals surface area contributed by atoms with Gasteiger partial charge >= 0.3 is 0 Å². The summed E-state index contributed by atoms with van der Waals surface area (Å²) >= 11 is 0. The molecule has 0 bridgehead atoms. The third kappa shape index (κ3) is 3.85. The van der Waals surface area contributed by atoms with Crippen molar-refractivity contribution in [3.05, 3.63) is 65.2 Å². The monoisotopic (exact) mass is 253 g/mol. The number of rotatable bonds is 5. The van der Waals surface area contributed by atoms with Crippen molar-refractivity contribution in [2.75, 3.05) is 18.0 Å². The summed E-state index contributed by atoms with van der Waals surface area (Å²) in [5.41, 5.74) is 5.38. The third-order valence-corrected chi connectivity index (χ3v) is 3.57. The minimum atomic E-state index is 1.05. The van der Waals surface area contributed by atoms with Crippen molar-refractivity contribution in [2.24, 2.45) is 0 Å². The van der Waals surface area contributed by atoms with Gasteiger partial charge in [-0.25, -0.2) is 0 Å². The molecule has 100 valence electrons. The first-order valence-corrected chi connectivity index (χ1v) is 7.06. The number of aryl methyl sites for hydroxylation is 2. The minimum absolute atomic E-state index is 1.05. The molecule has 0 aromatic heterocycles. The van der Waals surface area contributed by atoms with Gasteiger partial charge in [0.25, 0.3) is 0 Å². The smallest absolute Gasteiger partial charge is 0.0366 e. The molecule has 0 saturated heterocycles. The molecule has 0 fully saturated rings. The summed E-state index contributed by atoms with van der Waals surface area (Å²) in [5, 5.41) is 0. The molecule has 19 heavy (non-hydrogen) atoms. The molecule has 0 N–H and O–H groups in total. The van der Waals surface area contributed by atoms with Gasteiger partial charge in [0.2, 0.25) is 0 Å². The second kappa shape index (κ2) is 6.42. The predicted octanol–water partition coefficient (Wildman–Crippen LogP) is 4.37. The molecule has 0 heterocycles. The van der Waals surface area contributed by atoms with Crippen LogP contribution in [0.15, 0.2) is 48.5 Å². The number of hydrogen-bond donors (Lipinski definition) is 0. The van der Waals surface area contributed by atoms with Crippen molar-refractivity contribution in [1.29, 1.82) is 0 Å². The highest BCUT2D eigenvalue weighted by molar-refractivity contribution is 5.47. The Morgan fingerprint density at radius 2 is 1.32 bits per heavy atom. The zero-order chi connectivity index (χ0) is 13.7. The van der Waals surface area contributed by atoms with E-state index in [4.69, 9.17) is 0 Å². The molecule has 1 heteroatoms. The summed E-state index contributed by atoms with van der Waals surface area (Å²) in [6, 6.07) is 17.7. The fourth-order valence-electron chi connectivity index (χ4n) is 2.24. The molecule has 0 aliphatic heterocycles. The van der Waals surface area contributed by atoms with Gasteiger partial charge in [0.05, 0.1) is 0 Å². The normalized spacial score (nSPS) is 10.5. The van der Waals surface area contributed by atoms with Crippen molar-refractivity contribution >= 4 is 5.69 Å². The second-order valence-corrected chi connectivity index (χ2v) is 5.15. The molecule has 0 atom stereocenters. The van der Waals surface area contributed by atoms with Crippen LogP contribution < -0.4 is 4.90 Å². The molecular formula is C18H23N. The molecule has 0 aliphatic rings. The van der Waals surface area contributed by atoms with Gasteiger partial charge in [-0.3, -0.25) is 0 Å². The van der Waals surface area contributed by atoms with Crippen molar-refractivity contribution in [1.82, 2.24) is 0 Å². The topological polar surface area (TPSA) is 3.24 Å². The van der Waals surface area contributed by atoms with Gasteiger partial charge in [0, 0.05) is 18.8 Å². The Bertz CT molecular complexity index is 496. The number of hydrogen-bond acceptors (Lipinski definition) is 1. The Labute approximate surface area is 116 Å². The van der Waals surface area contributed by atoms with Crippen LogP contribution in [0.1, 0.15) is 23.6 Å². The molecule has 2 rings (SSSR count). The highest BCUT2D eigenvalue weighted by Crippen LogP contribution is 2.15. The predicted molar refractivity (Wildman–Crippen MR) is 83.9 cm³/mol. The second-order valence-electron chi connectivity index (χ2n) is 5.15. The fraction of sp³-hybridized carbons (Fsp3) is 0.333.